The number of nitrogens with zero attached hydrogens (tertiary/aromatic N) is 4. The second-order valence-electron chi connectivity index (χ2n) is 8.40. The first-order valence-electron chi connectivity index (χ1n) is 11.3. The highest BCUT2D eigenvalue weighted by molar-refractivity contribution is 6.36. The molecule has 1 aromatic heterocycles. The fourth-order valence-corrected chi connectivity index (χ4v) is 4.78. The number of aromatic nitrogens is 3. The first kappa shape index (κ1) is 25.2. The molecule has 1 aliphatic heterocycles. The zero-order chi connectivity index (χ0) is 27.0. The Morgan fingerprint density at radius 1 is 1.13 bits per heavy atom. The molecule has 5 rings (SSSR count). The van der Waals surface area contributed by atoms with Crippen LogP contribution >= 0.6 is 23.2 Å². The average molecular weight is 551 g/mol. The van der Waals surface area contributed by atoms with Crippen molar-refractivity contribution in [3.63, 3.8) is 0 Å². The summed E-state index contributed by atoms with van der Waals surface area (Å²) in [6, 6.07) is 17.2. The molecule has 0 bridgehead atoms. The lowest BCUT2D eigenvalue weighted by Crippen LogP contribution is -2.31. The van der Waals surface area contributed by atoms with E-state index in [1.807, 2.05) is 0 Å². The van der Waals surface area contributed by atoms with Crippen LogP contribution in [0.4, 0.5) is 17.3 Å². The lowest BCUT2D eigenvalue weighted by molar-refractivity contribution is -0.384. The second kappa shape index (κ2) is 10.2. The lowest BCUT2D eigenvalue weighted by atomic mass is 9.94. The molecule has 0 spiro atoms. The van der Waals surface area contributed by atoms with Gasteiger partial charge in [-0.1, -0.05) is 47.5 Å². The van der Waals surface area contributed by atoms with E-state index in [0.717, 1.165) is 0 Å². The van der Waals surface area contributed by atoms with Crippen LogP contribution in [0, 0.1) is 10.1 Å². The van der Waals surface area contributed by atoms with Crippen LogP contribution < -0.4 is 15.4 Å². The summed E-state index contributed by atoms with van der Waals surface area (Å²) in [6.45, 7) is 1.73. The minimum Gasteiger partial charge on any atom is -0.495 e. The van der Waals surface area contributed by atoms with Crippen molar-refractivity contribution >= 4 is 46.4 Å². The molecule has 10 nitrogen and oxygen atoms in total. The molecule has 4 aromatic rings. The van der Waals surface area contributed by atoms with Crippen molar-refractivity contribution in [1.29, 1.82) is 0 Å². The van der Waals surface area contributed by atoms with Gasteiger partial charge in [-0.05, 0) is 42.8 Å². The van der Waals surface area contributed by atoms with E-state index < -0.39 is 16.9 Å². The number of nitro groups is 1. The number of carbonyl (C=O) groups excluding carboxylic acids is 1. The first-order valence-corrected chi connectivity index (χ1v) is 12.1. The number of halogens is 2. The number of non-ortho nitro benzene ring substituents is 1. The molecule has 1 atom stereocenters. The highest BCUT2D eigenvalue weighted by Crippen LogP contribution is 2.39. The quantitative estimate of drug-likeness (QED) is 0.219. The molecule has 0 saturated carbocycles. The van der Waals surface area contributed by atoms with Crippen LogP contribution in [-0.4, -0.2) is 32.7 Å². The number of hydrogen-bond donors (Lipinski definition) is 2. The predicted molar refractivity (Wildman–Crippen MR) is 145 cm³/mol. The van der Waals surface area contributed by atoms with E-state index in [1.54, 1.807) is 61.5 Å². The molecule has 3 aromatic carbocycles. The van der Waals surface area contributed by atoms with Gasteiger partial charge in [-0.3, -0.25) is 14.9 Å². The van der Waals surface area contributed by atoms with Gasteiger partial charge in [-0.15, -0.1) is 5.10 Å². The third-order valence-corrected chi connectivity index (χ3v) is 6.57. The standard InChI is InChI=1S/C26H20Cl2N6O4/c1-14-22(25(35)30-20-8-3-4-9-21(20)38-2)23(15-6-5-7-17(12-15)34(36)37)33-26(29-14)31-24(32-33)18-11-10-16(27)13-19(18)28/h3-13,23H,1-2H3,(H,30,35)(H,29,31,32). The maximum absolute atomic E-state index is 13.7. The van der Waals surface area contributed by atoms with E-state index in [4.69, 9.17) is 27.9 Å². The summed E-state index contributed by atoms with van der Waals surface area (Å²) < 4.78 is 6.89. The molecule has 2 N–H and O–H groups in total. The number of nitrogens with one attached hydrogen (secondary N) is 2. The van der Waals surface area contributed by atoms with Gasteiger partial charge in [0.1, 0.15) is 11.8 Å². The second-order valence-corrected chi connectivity index (χ2v) is 9.24. The van der Waals surface area contributed by atoms with Gasteiger partial charge in [0.2, 0.25) is 5.95 Å². The zero-order valence-corrected chi connectivity index (χ0v) is 21.6. The number of nitro benzene ring substituents is 1. The maximum Gasteiger partial charge on any atom is 0.269 e. The molecule has 38 heavy (non-hydrogen) atoms. The number of hydrogen-bond acceptors (Lipinski definition) is 7. The van der Waals surface area contributed by atoms with Crippen LogP contribution in [0.3, 0.4) is 0 Å². The summed E-state index contributed by atoms with van der Waals surface area (Å²) in [5.41, 5.74) is 2.16. The summed E-state index contributed by atoms with van der Waals surface area (Å²) in [5.74, 6) is 0.678. The number of ether oxygens (including phenoxy) is 1. The van der Waals surface area contributed by atoms with Crippen molar-refractivity contribution in [3.8, 4) is 17.1 Å². The van der Waals surface area contributed by atoms with Gasteiger partial charge in [-0.2, -0.15) is 4.98 Å². The topological polar surface area (TPSA) is 124 Å². The monoisotopic (exact) mass is 550 g/mol. The molecule has 192 valence electrons. The number of anilines is 2. The van der Waals surface area contributed by atoms with Crippen LogP contribution in [0.2, 0.25) is 10.0 Å². The molecule has 1 unspecified atom stereocenters. The van der Waals surface area contributed by atoms with Crippen molar-refractivity contribution in [1.82, 2.24) is 14.8 Å². The molecule has 2 heterocycles. The zero-order valence-electron chi connectivity index (χ0n) is 20.1. The summed E-state index contributed by atoms with van der Waals surface area (Å²) >= 11 is 12.5. The molecule has 0 aliphatic carbocycles. The van der Waals surface area contributed by atoms with Gasteiger partial charge in [0.15, 0.2) is 5.82 Å². The molecular weight excluding hydrogens is 531 g/mol. The van der Waals surface area contributed by atoms with Crippen molar-refractivity contribution < 1.29 is 14.5 Å². The minimum absolute atomic E-state index is 0.120. The van der Waals surface area contributed by atoms with E-state index >= 15 is 0 Å². The Bertz CT molecular complexity index is 1620. The van der Waals surface area contributed by atoms with Gasteiger partial charge in [0, 0.05) is 28.4 Å². The SMILES string of the molecule is COc1ccccc1NC(=O)C1=C(C)Nc2nc(-c3ccc(Cl)cc3Cl)nn2C1c1cccc([N+](=O)[O-])c1. The highest BCUT2D eigenvalue weighted by Gasteiger charge is 2.35. The number of rotatable bonds is 6. The number of carbonyl (C=O) groups is 1. The van der Waals surface area contributed by atoms with Gasteiger partial charge in [-0.25, -0.2) is 4.68 Å². The minimum atomic E-state index is -0.840. The Balaban J connectivity index is 1.64. The average Bonchev–Trinajstić information content (AvgIpc) is 3.31. The van der Waals surface area contributed by atoms with Crippen LogP contribution in [0.15, 0.2) is 78.0 Å². The third-order valence-electron chi connectivity index (χ3n) is 6.02. The van der Waals surface area contributed by atoms with E-state index in [-0.39, 0.29) is 5.69 Å². The molecule has 1 aliphatic rings. The van der Waals surface area contributed by atoms with Crippen molar-refractivity contribution in [2.75, 3.05) is 17.7 Å². The van der Waals surface area contributed by atoms with Crippen LogP contribution in [-0.2, 0) is 4.79 Å². The smallest absolute Gasteiger partial charge is 0.269 e. The van der Waals surface area contributed by atoms with Gasteiger partial charge in [0.25, 0.3) is 11.6 Å². The number of methoxy groups -OCH3 is 1. The molecule has 0 saturated heterocycles. The normalized spacial score (nSPS) is 14.5. The Labute approximate surface area is 227 Å². The van der Waals surface area contributed by atoms with Gasteiger partial charge < -0.3 is 15.4 Å². The van der Waals surface area contributed by atoms with Gasteiger partial charge in [0.05, 0.1) is 28.3 Å². The van der Waals surface area contributed by atoms with E-state index in [2.05, 4.69) is 20.7 Å². The summed E-state index contributed by atoms with van der Waals surface area (Å²) in [5, 5.41) is 23.1. The molecule has 12 heteroatoms. The number of benzene rings is 3. The summed E-state index contributed by atoms with van der Waals surface area (Å²) in [6.07, 6.45) is 0. The molecule has 0 fully saturated rings. The molecular formula is C26H20Cl2N6O4. The summed E-state index contributed by atoms with van der Waals surface area (Å²) in [4.78, 5) is 29.4. The fraction of sp³-hybridized carbons (Fsp3) is 0.115. The number of amides is 1. The van der Waals surface area contributed by atoms with Crippen molar-refractivity contribution in [2.24, 2.45) is 0 Å². The molecule has 1 amide bonds. The first-order chi connectivity index (χ1) is 18.3. The summed E-state index contributed by atoms with van der Waals surface area (Å²) in [7, 11) is 1.51. The highest BCUT2D eigenvalue weighted by atomic mass is 35.5. The Morgan fingerprint density at radius 3 is 2.66 bits per heavy atom. The van der Waals surface area contributed by atoms with E-state index in [1.165, 1.54) is 23.9 Å². The number of fused-ring (bicyclic) bond motifs is 1. The van der Waals surface area contributed by atoms with Crippen molar-refractivity contribution in [3.05, 3.63) is 104 Å². The predicted octanol–water partition coefficient (Wildman–Crippen LogP) is 6.10. The van der Waals surface area contributed by atoms with Crippen LogP contribution in [0.5, 0.6) is 5.75 Å². The van der Waals surface area contributed by atoms with Crippen LogP contribution in [0.25, 0.3) is 11.4 Å². The number of allylic oxidation sites excluding steroid dienone is 1. The maximum atomic E-state index is 13.7. The van der Waals surface area contributed by atoms with E-state index in [0.29, 0.717) is 55.7 Å². The fourth-order valence-electron chi connectivity index (χ4n) is 4.28. The molecule has 0 radical (unpaired) electrons. The Hall–Kier alpha value is -4.41. The number of para-hydroxylation sites is 2. The largest absolute Gasteiger partial charge is 0.495 e. The van der Waals surface area contributed by atoms with Crippen LogP contribution in [0.1, 0.15) is 18.5 Å². The van der Waals surface area contributed by atoms with Crippen molar-refractivity contribution in [2.45, 2.75) is 13.0 Å². The third kappa shape index (κ3) is 4.67. The van der Waals surface area contributed by atoms with E-state index in [9.17, 15) is 14.9 Å². The Morgan fingerprint density at radius 2 is 1.92 bits per heavy atom. The van der Waals surface area contributed by atoms with Gasteiger partial charge >= 0.3 is 0 Å². The Kier molecular flexibility index (Phi) is 6.75. The lowest BCUT2D eigenvalue weighted by Gasteiger charge is -2.28.